The number of thiophene rings is 1. The quantitative estimate of drug-likeness (QED) is 0.188. The number of benzene rings is 7. The van der Waals surface area contributed by atoms with Crippen molar-refractivity contribution in [2.45, 2.75) is 19.3 Å². The van der Waals surface area contributed by atoms with Crippen molar-refractivity contribution >= 4 is 42.3 Å². The van der Waals surface area contributed by atoms with Gasteiger partial charge in [-0.2, -0.15) is 0 Å². The smallest absolute Gasteiger partial charge is 0.160 e. The first-order valence-electron chi connectivity index (χ1n) is 17.2. The molecule has 0 saturated heterocycles. The van der Waals surface area contributed by atoms with Gasteiger partial charge < -0.3 is 0 Å². The van der Waals surface area contributed by atoms with Crippen LogP contribution in [0.5, 0.6) is 0 Å². The van der Waals surface area contributed by atoms with Gasteiger partial charge in [-0.25, -0.2) is 9.97 Å². The Kier molecular flexibility index (Phi) is 6.43. The van der Waals surface area contributed by atoms with E-state index >= 15 is 0 Å². The molecule has 0 fully saturated rings. The first-order chi connectivity index (χ1) is 24.5. The first-order valence-corrected chi connectivity index (χ1v) is 18.0. The molecular weight excluding hydrogens is 625 g/mol. The molecule has 0 radical (unpaired) electrons. The Bertz CT molecular complexity index is 2790. The standard InChI is InChI=1S/C47H32N2S/c1-47(2)38-22-11-21-35(44(38)37-26-30-15-6-7-16-31(30)27-39(37)47)41-28-40(48-46(49-41)29-13-4-3-5-14-29)33-18-10-17-32(25-33)34-20-12-24-43-45(34)36-19-8-9-23-42(36)50-43/h3-28H,1-2H3. The highest BCUT2D eigenvalue weighted by atomic mass is 32.1. The topological polar surface area (TPSA) is 25.8 Å². The number of nitrogens with zero attached hydrogens (tertiary/aromatic N) is 2. The lowest BCUT2D eigenvalue weighted by molar-refractivity contribution is 0.661. The van der Waals surface area contributed by atoms with E-state index in [1.807, 2.05) is 17.4 Å². The Labute approximate surface area is 295 Å². The minimum absolute atomic E-state index is 0.135. The third-order valence-corrected chi connectivity index (χ3v) is 11.6. The minimum atomic E-state index is -0.135. The summed E-state index contributed by atoms with van der Waals surface area (Å²) in [5, 5.41) is 5.14. The SMILES string of the molecule is CC1(C)c2cc3ccccc3cc2-c2c(-c3cc(-c4cccc(-c5cccc6sc7ccccc7c56)c4)nc(-c4ccccc4)n3)cccc21. The zero-order valence-corrected chi connectivity index (χ0v) is 28.6. The number of aromatic nitrogens is 2. The second kappa shape index (κ2) is 11.1. The van der Waals surface area contributed by atoms with Crippen LogP contribution < -0.4 is 0 Å². The van der Waals surface area contributed by atoms with E-state index in [0.29, 0.717) is 0 Å². The Morgan fingerprint density at radius 1 is 0.460 bits per heavy atom. The molecule has 0 spiro atoms. The molecule has 7 aromatic carbocycles. The van der Waals surface area contributed by atoms with Gasteiger partial charge in [-0.15, -0.1) is 11.3 Å². The zero-order valence-electron chi connectivity index (χ0n) is 27.8. The number of hydrogen-bond donors (Lipinski definition) is 0. The van der Waals surface area contributed by atoms with Gasteiger partial charge in [-0.05, 0) is 80.6 Å². The summed E-state index contributed by atoms with van der Waals surface area (Å²) in [4.78, 5) is 10.5. The van der Waals surface area contributed by atoms with Gasteiger partial charge in [0.2, 0.25) is 0 Å². The Morgan fingerprint density at radius 3 is 2.00 bits per heavy atom. The Balaban J connectivity index is 1.19. The van der Waals surface area contributed by atoms with E-state index in [-0.39, 0.29) is 5.41 Å². The number of hydrogen-bond acceptors (Lipinski definition) is 3. The second-order valence-corrected chi connectivity index (χ2v) is 14.9. The highest BCUT2D eigenvalue weighted by molar-refractivity contribution is 7.25. The van der Waals surface area contributed by atoms with E-state index in [1.165, 1.54) is 64.3 Å². The van der Waals surface area contributed by atoms with Gasteiger partial charge in [0.15, 0.2) is 5.82 Å². The molecule has 0 N–H and O–H groups in total. The molecular formula is C47H32N2S. The van der Waals surface area contributed by atoms with E-state index in [9.17, 15) is 0 Å². The van der Waals surface area contributed by atoms with Gasteiger partial charge in [0.25, 0.3) is 0 Å². The van der Waals surface area contributed by atoms with Crippen LogP contribution in [-0.4, -0.2) is 9.97 Å². The third-order valence-electron chi connectivity index (χ3n) is 10.5. The molecule has 0 atom stereocenters. The van der Waals surface area contributed by atoms with Gasteiger partial charge >= 0.3 is 0 Å². The molecule has 3 heteroatoms. The molecule has 0 unspecified atom stereocenters. The fourth-order valence-electron chi connectivity index (χ4n) is 8.00. The summed E-state index contributed by atoms with van der Waals surface area (Å²) in [6.07, 6.45) is 0. The van der Waals surface area contributed by atoms with Crippen molar-refractivity contribution in [3.63, 3.8) is 0 Å². The summed E-state index contributed by atoms with van der Waals surface area (Å²) in [5.41, 5.74) is 12.6. The van der Waals surface area contributed by atoms with E-state index in [1.54, 1.807) is 0 Å². The first kappa shape index (κ1) is 29.1. The fourth-order valence-corrected chi connectivity index (χ4v) is 9.13. The van der Waals surface area contributed by atoms with E-state index in [2.05, 4.69) is 166 Å². The minimum Gasteiger partial charge on any atom is -0.228 e. The summed E-state index contributed by atoms with van der Waals surface area (Å²) < 4.78 is 2.62. The van der Waals surface area contributed by atoms with Crippen LogP contribution in [0.3, 0.4) is 0 Å². The van der Waals surface area contributed by atoms with Crippen LogP contribution in [-0.2, 0) is 5.41 Å². The van der Waals surface area contributed by atoms with Crippen molar-refractivity contribution in [2.24, 2.45) is 0 Å². The average molecular weight is 657 g/mol. The van der Waals surface area contributed by atoms with Gasteiger partial charge in [0.1, 0.15) is 0 Å². The normalized spacial score (nSPS) is 13.2. The van der Waals surface area contributed by atoms with Crippen LogP contribution in [0.4, 0.5) is 0 Å². The van der Waals surface area contributed by atoms with E-state index in [4.69, 9.17) is 9.97 Å². The molecule has 1 aliphatic rings. The van der Waals surface area contributed by atoms with Crippen LogP contribution >= 0.6 is 11.3 Å². The lowest BCUT2D eigenvalue weighted by atomic mass is 9.81. The molecule has 9 aromatic rings. The number of fused-ring (bicyclic) bond motifs is 7. The lowest BCUT2D eigenvalue weighted by Crippen LogP contribution is -2.14. The molecule has 0 amide bonds. The van der Waals surface area contributed by atoms with Crippen LogP contribution in [0.2, 0.25) is 0 Å². The van der Waals surface area contributed by atoms with Crippen molar-refractivity contribution in [2.75, 3.05) is 0 Å². The maximum Gasteiger partial charge on any atom is 0.160 e. The van der Waals surface area contributed by atoms with Crippen molar-refractivity contribution in [1.29, 1.82) is 0 Å². The molecule has 0 bridgehead atoms. The maximum atomic E-state index is 5.30. The van der Waals surface area contributed by atoms with E-state index in [0.717, 1.165) is 33.9 Å². The summed E-state index contributed by atoms with van der Waals surface area (Å²) in [7, 11) is 0. The maximum absolute atomic E-state index is 5.30. The van der Waals surface area contributed by atoms with Crippen LogP contribution in [0.15, 0.2) is 158 Å². The molecule has 2 nitrogen and oxygen atoms in total. The van der Waals surface area contributed by atoms with Gasteiger partial charge in [0.05, 0.1) is 11.4 Å². The monoisotopic (exact) mass is 656 g/mol. The number of rotatable bonds is 4. The zero-order chi connectivity index (χ0) is 33.4. The molecule has 2 aromatic heterocycles. The molecule has 50 heavy (non-hydrogen) atoms. The van der Waals surface area contributed by atoms with Crippen LogP contribution in [0, 0.1) is 0 Å². The second-order valence-electron chi connectivity index (χ2n) is 13.8. The predicted molar refractivity (Wildman–Crippen MR) is 212 cm³/mol. The predicted octanol–water partition coefficient (Wildman–Crippen LogP) is 13.0. The van der Waals surface area contributed by atoms with Gasteiger partial charge in [0, 0.05) is 42.3 Å². The summed E-state index contributed by atoms with van der Waals surface area (Å²) in [6.45, 7) is 4.69. The molecule has 0 aliphatic heterocycles. The molecule has 0 saturated carbocycles. The highest BCUT2D eigenvalue weighted by Gasteiger charge is 2.37. The lowest BCUT2D eigenvalue weighted by Gasteiger charge is -2.22. The molecule has 2 heterocycles. The fraction of sp³-hybridized carbons (Fsp3) is 0.0638. The van der Waals surface area contributed by atoms with Crippen molar-refractivity contribution in [3.8, 4) is 56.2 Å². The van der Waals surface area contributed by atoms with Crippen LogP contribution in [0.1, 0.15) is 25.0 Å². The van der Waals surface area contributed by atoms with Crippen molar-refractivity contribution < 1.29 is 0 Å². The largest absolute Gasteiger partial charge is 0.228 e. The average Bonchev–Trinajstić information content (AvgIpc) is 3.66. The van der Waals surface area contributed by atoms with Crippen molar-refractivity contribution in [1.82, 2.24) is 9.97 Å². The molecule has 1 aliphatic carbocycles. The summed E-state index contributed by atoms with van der Waals surface area (Å²) in [5.74, 6) is 0.725. The highest BCUT2D eigenvalue weighted by Crippen LogP contribution is 2.53. The molecule has 10 rings (SSSR count). The summed E-state index contributed by atoms with van der Waals surface area (Å²) >= 11 is 1.85. The van der Waals surface area contributed by atoms with E-state index < -0.39 is 0 Å². The molecule has 236 valence electrons. The summed E-state index contributed by atoms with van der Waals surface area (Å²) in [6, 6.07) is 56.9. The van der Waals surface area contributed by atoms with Crippen molar-refractivity contribution in [3.05, 3.63) is 169 Å². The van der Waals surface area contributed by atoms with Gasteiger partial charge in [-0.3, -0.25) is 0 Å². The third kappa shape index (κ3) is 4.47. The van der Waals surface area contributed by atoms with Crippen LogP contribution in [0.25, 0.3) is 87.1 Å². The Morgan fingerprint density at radius 2 is 1.12 bits per heavy atom. The Hall–Kier alpha value is -5.90. The van der Waals surface area contributed by atoms with Gasteiger partial charge in [-0.1, -0.05) is 135 Å².